The molecule has 0 unspecified atom stereocenters. The van der Waals surface area contributed by atoms with Crippen molar-refractivity contribution in [2.45, 2.75) is 82.8 Å². The summed E-state index contributed by atoms with van der Waals surface area (Å²) < 4.78 is 0. The van der Waals surface area contributed by atoms with Gasteiger partial charge in [-0.05, 0) is 12.8 Å². The normalized spacial score (nSPS) is 16.0. The molecular formula is C22H37N7O11. The molecule has 13 N–H and O–H groups in total. The maximum atomic E-state index is 13.1. The number of aliphatic carboxylic acids is 2. The molecular weight excluding hydrogens is 538 g/mol. The Bertz CT molecular complexity index is 988. The Hall–Kier alpha value is -4.32. The second-order valence-corrected chi connectivity index (χ2v) is 9.10. The van der Waals surface area contributed by atoms with E-state index in [-0.39, 0.29) is 6.42 Å². The standard InChI is InChI=1S/C22H37N7O11/c1-4-8(2)16(28-19(36)11(6-14(25)32)26-18(35)10(23)5-13(24)31)21(38)27-12(7-15(33)34)20(37)29-17(9(3)30)22(39)40/h8-12,16-17,30H,4-7,23H2,1-3H3,(H2,24,31)(H2,25,32)(H,26,35)(H,27,38)(H,28,36)(H,29,37)(H,33,34)(H,39,40)/t8-,9+,10-,11-,12-,16-,17-/m0/s1. The molecule has 0 spiro atoms. The van der Waals surface area contributed by atoms with Crippen LogP contribution < -0.4 is 38.5 Å². The molecule has 0 heterocycles. The number of carbonyl (C=O) groups is 8. The predicted octanol–water partition coefficient (Wildman–Crippen LogP) is -5.01. The van der Waals surface area contributed by atoms with Crippen LogP contribution in [0.4, 0.5) is 0 Å². The first kappa shape index (κ1) is 35.7. The smallest absolute Gasteiger partial charge is 0.328 e. The largest absolute Gasteiger partial charge is 0.481 e. The Kier molecular flexibility index (Phi) is 14.8. The fourth-order valence-electron chi connectivity index (χ4n) is 3.24. The maximum Gasteiger partial charge on any atom is 0.328 e. The van der Waals surface area contributed by atoms with Crippen LogP contribution in [0.2, 0.25) is 0 Å². The molecule has 0 fully saturated rings. The molecule has 0 aliphatic carbocycles. The molecule has 0 aromatic heterocycles. The zero-order valence-corrected chi connectivity index (χ0v) is 22.2. The minimum absolute atomic E-state index is 0.271. The minimum atomic E-state index is -1.82. The lowest BCUT2D eigenvalue weighted by molar-refractivity contribution is -0.146. The van der Waals surface area contributed by atoms with Crippen molar-refractivity contribution < 1.29 is 53.7 Å². The number of aliphatic hydroxyl groups is 1. The van der Waals surface area contributed by atoms with Gasteiger partial charge in [0.1, 0.15) is 18.1 Å². The number of hydrogen-bond acceptors (Lipinski definition) is 10. The van der Waals surface area contributed by atoms with E-state index in [1.54, 1.807) is 6.92 Å². The van der Waals surface area contributed by atoms with Crippen molar-refractivity contribution >= 4 is 47.4 Å². The first-order valence-corrected chi connectivity index (χ1v) is 12.1. The monoisotopic (exact) mass is 575 g/mol. The molecule has 0 aromatic rings. The van der Waals surface area contributed by atoms with Gasteiger partial charge >= 0.3 is 11.9 Å². The van der Waals surface area contributed by atoms with Crippen LogP contribution in [-0.4, -0.2) is 99.0 Å². The van der Waals surface area contributed by atoms with E-state index in [9.17, 15) is 48.6 Å². The number of carbonyl (C=O) groups excluding carboxylic acids is 6. The number of carboxylic acids is 2. The number of rotatable bonds is 18. The molecule has 0 radical (unpaired) electrons. The third-order valence-electron chi connectivity index (χ3n) is 5.65. The lowest BCUT2D eigenvalue weighted by Crippen LogP contribution is -2.61. The van der Waals surface area contributed by atoms with Crippen LogP contribution in [0.3, 0.4) is 0 Å². The van der Waals surface area contributed by atoms with Crippen LogP contribution >= 0.6 is 0 Å². The average molecular weight is 576 g/mol. The highest BCUT2D eigenvalue weighted by Crippen LogP contribution is 2.10. The Morgan fingerprint density at radius 3 is 1.52 bits per heavy atom. The third-order valence-corrected chi connectivity index (χ3v) is 5.65. The molecule has 0 saturated heterocycles. The van der Waals surface area contributed by atoms with Crippen molar-refractivity contribution in [3.05, 3.63) is 0 Å². The Morgan fingerprint density at radius 2 is 1.12 bits per heavy atom. The zero-order chi connectivity index (χ0) is 31.3. The number of nitrogens with one attached hydrogen (secondary N) is 4. The summed E-state index contributed by atoms with van der Waals surface area (Å²) in [6, 6.07) is -8.17. The van der Waals surface area contributed by atoms with Crippen molar-refractivity contribution in [3.63, 3.8) is 0 Å². The van der Waals surface area contributed by atoms with Gasteiger partial charge < -0.3 is 53.8 Å². The average Bonchev–Trinajstić information content (AvgIpc) is 2.82. The van der Waals surface area contributed by atoms with Gasteiger partial charge in [-0.25, -0.2) is 4.79 Å². The van der Waals surface area contributed by atoms with Crippen LogP contribution in [0, 0.1) is 5.92 Å². The molecule has 226 valence electrons. The summed E-state index contributed by atoms with van der Waals surface area (Å²) in [6.07, 6.45) is -3.57. The van der Waals surface area contributed by atoms with E-state index in [4.69, 9.17) is 22.3 Å². The summed E-state index contributed by atoms with van der Waals surface area (Å²) in [7, 11) is 0. The fraction of sp³-hybridized carbons (Fsp3) is 0.636. The summed E-state index contributed by atoms with van der Waals surface area (Å²) in [4.78, 5) is 96.1. The minimum Gasteiger partial charge on any atom is -0.481 e. The van der Waals surface area contributed by atoms with Gasteiger partial charge in [0.2, 0.25) is 35.4 Å². The van der Waals surface area contributed by atoms with Gasteiger partial charge in [-0.1, -0.05) is 20.3 Å². The second-order valence-electron chi connectivity index (χ2n) is 9.10. The molecule has 0 aliphatic rings. The summed E-state index contributed by atoms with van der Waals surface area (Å²) in [5.74, 6) is -10.1. The number of hydrogen-bond donors (Lipinski definition) is 10. The summed E-state index contributed by atoms with van der Waals surface area (Å²) >= 11 is 0. The van der Waals surface area contributed by atoms with E-state index in [0.29, 0.717) is 0 Å². The summed E-state index contributed by atoms with van der Waals surface area (Å²) in [5, 5.41) is 36.5. The molecule has 7 atom stereocenters. The van der Waals surface area contributed by atoms with Gasteiger partial charge in [-0.3, -0.25) is 33.6 Å². The van der Waals surface area contributed by atoms with Crippen LogP contribution in [0.25, 0.3) is 0 Å². The first-order chi connectivity index (χ1) is 18.4. The van der Waals surface area contributed by atoms with E-state index in [2.05, 4.69) is 16.0 Å². The van der Waals surface area contributed by atoms with Crippen molar-refractivity contribution in [2.75, 3.05) is 0 Å². The SMILES string of the molecule is CC[C@H](C)[C@H](NC(=O)[C@H](CC(N)=O)NC(=O)[C@@H](N)CC(N)=O)C(=O)N[C@@H](CC(=O)O)C(=O)N[C@H](C(=O)O)[C@@H](C)O. The highest BCUT2D eigenvalue weighted by molar-refractivity contribution is 5.98. The van der Waals surface area contributed by atoms with Crippen molar-refractivity contribution in [2.24, 2.45) is 23.1 Å². The quantitative estimate of drug-likeness (QED) is 0.0734. The van der Waals surface area contributed by atoms with Crippen LogP contribution in [-0.2, 0) is 38.4 Å². The van der Waals surface area contributed by atoms with Crippen LogP contribution in [0.5, 0.6) is 0 Å². The summed E-state index contributed by atoms with van der Waals surface area (Å²) in [6.45, 7) is 4.24. The topological polar surface area (TPSA) is 323 Å². The molecule has 0 aromatic carbocycles. The molecule has 6 amide bonds. The van der Waals surface area contributed by atoms with Gasteiger partial charge in [0.25, 0.3) is 0 Å². The van der Waals surface area contributed by atoms with E-state index in [0.717, 1.165) is 6.92 Å². The van der Waals surface area contributed by atoms with E-state index >= 15 is 0 Å². The van der Waals surface area contributed by atoms with Crippen molar-refractivity contribution in [3.8, 4) is 0 Å². The Labute approximate surface area is 228 Å². The summed E-state index contributed by atoms with van der Waals surface area (Å²) in [5.41, 5.74) is 15.7. The predicted molar refractivity (Wildman–Crippen MR) is 134 cm³/mol. The van der Waals surface area contributed by atoms with Crippen molar-refractivity contribution in [1.29, 1.82) is 0 Å². The Balaban J connectivity index is 5.94. The highest BCUT2D eigenvalue weighted by atomic mass is 16.4. The van der Waals surface area contributed by atoms with E-state index in [1.165, 1.54) is 6.92 Å². The van der Waals surface area contributed by atoms with Crippen LogP contribution in [0.1, 0.15) is 46.5 Å². The number of carboxylic acid groups (broad SMARTS) is 2. The van der Waals surface area contributed by atoms with E-state index < -0.39 is 109 Å². The molecule has 18 heteroatoms. The van der Waals surface area contributed by atoms with E-state index in [1.807, 2.05) is 5.32 Å². The number of aliphatic hydroxyl groups excluding tert-OH is 1. The number of nitrogens with two attached hydrogens (primary N) is 3. The molecule has 18 nitrogen and oxygen atoms in total. The van der Waals surface area contributed by atoms with Gasteiger partial charge in [0.05, 0.1) is 31.4 Å². The van der Waals surface area contributed by atoms with Gasteiger partial charge in [0.15, 0.2) is 6.04 Å². The third kappa shape index (κ3) is 12.5. The maximum absolute atomic E-state index is 13.1. The zero-order valence-electron chi connectivity index (χ0n) is 22.2. The van der Waals surface area contributed by atoms with Gasteiger partial charge in [0, 0.05) is 0 Å². The van der Waals surface area contributed by atoms with Crippen LogP contribution in [0.15, 0.2) is 0 Å². The van der Waals surface area contributed by atoms with Gasteiger partial charge in [-0.2, -0.15) is 0 Å². The van der Waals surface area contributed by atoms with Crippen molar-refractivity contribution in [1.82, 2.24) is 21.3 Å². The lowest BCUT2D eigenvalue weighted by Gasteiger charge is -2.28. The number of primary amides is 2. The molecule has 0 aliphatic heterocycles. The second kappa shape index (κ2) is 16.6. The van der Waals surface area contributed by atoms with Gasteiger partial charge in [-0.15, -0.1) is 0 Å². The molecule has 0 saturated carbocycles. The number of amides is 6. The highest BCUT2D eigenvalue weighted by Gasteiger charge is 2.35. The lowest BCUT2D eigenvalue weighted by atomic mass is 9.97. The molecule has 0 rings (SSSR count). The first-order valence-electron chi connectivity index (χ1n) is 12.1. The Morgan fingerprint density at radius 1 is 0.675 bits per heavy atom. The fourth-order valence-corrected chi connectivity index (χ4v) is 3.24. The molecule has 40 heavy (non-hydrogen) atoms. The molecule has 0 bridgehead atoms.